The van der Waals surface area contributed by atoms with Crippen LogP contribution in [0.4, 0.5) is 5.69 Å². The van der Waals surface area contributed by atoms with Crippen LogP contribution in [0.15, 0.2) is 82.1 Å². The second-order valence-corrected chi connectivity index (χ2v) is 7.52. The van der Waals surface area contributed by atoms with Crippen LogP contribution in [0.1, 0.15) is 35.9 Å². The van der Waals surface area contributed by atoms with Gasteiger partial charge in [0.15, 0.2) is 0 Å². The summed E-state index contributed by atoms with van der Waals surface area (Å²) in [6.07, 6.45) is 0. The van der Waals surface area contributed by atoms with Gasteiger partial charge >= 0.3 is 0 Å². The Bertz CT molecular complexity index is 941. The van der Waals surface area contributed by atoms with Gasteiger partial charge in [0.2, 0.25) is 0 Å². The molecule has 1 aromatic heterocycles. The summed E-state index contributed by atoms with van der Waals surface area (Å²) in [6, 6.07) is 23.0. The van der Waals surface area contributed by atoms with Crippen LogP contribution in [-0.4, -0.2) is 17.6 Å². The van der Waals surface area contributed by atoms with E-state index in [1.807, 2.05) is 12.1 Å². The average molecular weight is 359 g/mol. The number of benzene rings is 2. The molecule has 1 N–H and O–H groups in total. The third-order valence-electron chi connectivity index (χ3n) is 4.22. The molecule has 2 aromatic carbocycles. The van der Waals surface area contributed by atoms with Gasteiger partial charge in [-0.15, -0.1) is 11.3 Å². The number of anilines is 1. The molecule has 2 heterocycles. The Morgan fingerprint density at radius 1 is 0.962 bits per heavy atom. The van der Waals surface area contributed by atoms with Gasteiger partial charge in [-0.25, -0.2) is 0 Å². The number of hydrogen-bond donors (Lipinski definition) is 1. The van der Waals surface area contributed by atoms with Crippen molar-refractivity contribution in [3.05, 3.63) is 88.1 Å². The fourth-order valence-corrected chi connectivity index (χ4v) is 3.88. The first-order valence-electron chi connectivity index (χ1n) is 8.83. The van der Waals surface area contributed by atoms with Gasteiger partial charge in [0.05, 0.1) is 5.71 Å². The molecule has 1 aliphatic rings. The second-order valence-electron chi connectivity index (χ2n) is 6.54. The van der Waals surface area contributed by atoms with Crippen molar-refractivity contribution in [1.82, 2.24) is 0 Å². The van der Waals surface area contributed by atoms with Gasteiger partial charge < -0.3 is 5.32 Å². The minimum Gasteiger partial charge on any atom is -0.341 e. The lowest BCUT2D eigenvalue weighted by Gasteiger charge is -2.15. The number of amidine groups is 1. The molecule has 0 saturated carbocycles. The Kier molecular flexibility index (Phi) is 4.67. The highest BCUT2D eigenvalue weighted by molar-refractivity contribution is 7.10. The number of fused-ring (bicyclic) bond motifs is 1. The molecular weight excluding hydrogens is 338 g/mol. The summed E-state index contributed by atoms with van der Waals surface area (Å²) in [5.74, 6) is 0.904. The van der Waals surface area contributed by atoms with Crippen LogP contribution >= 0.6 is 11.3 Å². The van der Waals surface area contributed by atoms with Gasteiger partial charge in [0.1, 0.15) is 11.9 Å². The zero-order chi connectivity index (χ0) is 17.9. The van der Waals surface area contributed by atoms with Crippen LogP contribution in [0.2, 0.25) is 0 Å². The van der Waals surface area contributed by atoms with Crippen LogP contribution < -0.4 is 5.32 Å². The predicted octanol–water partition coefficient (Wildman–Crippen LogP) is 5.56. The van der Waals surface area contributed by atoms with Crippen molar-refractivity contribution in [3.63, 3.8) is 0 Å². The summed E-state index contributed by atoms with van der Waals surface area (Å²) in [4.78, 5) is 11.3. The molecule has 3 aromatic rings. The van der Waals surface area contributed by atoms with Crippen molar-refractivity contribution < 1.29 is 0 Å². The van der Waals surface area contributed by atoms with Gasteiger partial charge in [-0.05, 0) is 31.4 Å². The van der Waals surface area contributed by atoms with E-state index in [2.05, 4.69) is 79.1 Å². The predicted molar refractivity (Wildman–Crippen MR) is 112 cm³/mol. The Balaban J connectivity index is 1.95. The number of nitrogens with zero attached hydrogens (tertiary/aromatic N) is 2. The van der Waals surface area contributed by atoms with Crippen molar-refractivity contribution in [3.8, 4) is 0 Å². The van der Waals surface area contributed by atoms with Crippen LogP contribution in [0, 0.1) is 0 Å². The van der Waals surface area contributed by atoms with E-state index in [0.29, 0.717) is 0 Å². The molecule has 26 heavy (non-hydrogen) atoms. The van der Waals surface area contributed by atoms with E-state index in [1.165, 1.54) is 4.88 Å². The summed E-state index contributed by atoms with van der Waals surface area (Å²) >= 11 is 1.72. The molecular formula is C22H21N3S. The third kappa shape index (κ3) is 3.33. The first-order chi connectivity index (χ1) is 12.7. The number of hydrogen-bond acceptors (Lipinski definition) is 3. The lowest BCUT2D eigenvalue weighted by atomic mass is 10.0. The molecule has 130 valence electrons. The Hall–Kier alpha value is -2.72. The monoisotopic (exact) mass is 359 g/mol. The van der Waals surface area contributed by atoms with E-state index in [9.17, 15) is 0 Å². The van der Waals surface area contributed by atoms with Crippen molar-refractivity contribution >= 4 is 28.6 Å². The topological polar surface area (TPSA) is 36.8 Å². The van der Waals surface area contributed by atoms with E-state index in [0.717, 1.165) is 28.4 Å². The molecule has 0 fully saturated rings. The maximum absolute atomic E-state index is 5.20. The number of rotatable bonds is 3. The molecule has 0 spiro atoms. The average Bonchev–Trinajstić information content (AvgIpc) is 3.12. The zero-order valence-corrected chi connectivity index (χ0v) is 15.7. The normalized spacial score (nSPS) is 18.2. The largest absolute Gasteiger partial charge is 0.341 e. The molecule has 0 bridgehead atoms. The smallest absolute Gasteiger partial charge is 0.142 e. The Labute approximate surface area is 158 Å². The van der Waals surface area contributed by atoms with Crippen LogP contribution in [0.25, 0.3) is 0 Å². The maximum atomic E-state index is 5.20. The summed E-state index contributed by atoms with van der Waals surface area (Å²) in [6.45, 7) is 4.19. The molecule has 1 aliphatic heterocycles. The standard InChI is InChI=1S/C22H21N3S/c1-15(2)23-22-21(19-13-8-14-26-19)25-20(16-9-4-3-5-10-16)17-11-6-7-12-18(17)24-22/h3-15,21H,1-2H3,(H,23,24). The summed E-state index contributed by atoms with van der Waals surface area (Å²) in [7, 11) is 0. The molecule has 3 nitrogen and oxygen atoms in total. The van der Waals surface area contributed by atoms with Crippen LogP contribution in [-0.2, 0) is 0 Å². The minimum absolute atomic E-state index is 0.125. The Morgan fingerprint density at radius 2 is 1.73 bits per heavy atom. The molecule has 4 heteroatoms. The molecule has 1 atom stereocenters. The van der Waals surface area contributed by atoms with Crippen molar-refractivity contribution in [2.24, 2.45) is 9.98 Å². The lowest BCUT2D eigenvalue weighted by molar-refractivity contribution is 0.818. The van der Waals surface area contributed by atoms with Crippen LogP contribution in [0.5, 0.6) is 0 Å². The van der Waals surface area contributed by atoms with E-state index in [4.69, 9.17) is 9.98 Å². The van der Waals surface area contributed by atoms with Crippen molar-refractivity contribution in [2.45, 2.75) is 25.9 Å². The molecule has 0 aliphatic carbocycles. The zero-order valence-electron chi connectivity index (χ0n) is 14.9. The quantitative estimate of drug-likeness (QED) is 0.653. The fraction of sp³-hybridized carbons (Fsp3) is 0.182. The van der Waals surface area contributed by atoms with Gasteiger partial charge in [-0.1, -0.05) is 54.6 Å². The highest BCUT2D eigenvalue weighted by Gasteiger charge is 2.26. The summed E-state index contributed by atoms with van der Waals surface area (Å²) in [5, 5.41) is 5.67. The van der Waals surface area contributed by atoms with Crippen molar-refractivity contribution in [1.29, 1.82) is 0 Å². The summed E-state index contributed by atoms with van der Waals surface area (Å²) in [5.41, 5.74) is 4.28. The maximum Gasteiger partial charge on any atom is 0.142 e. The van der Waals surface area contributed by atoms with Gasteiger partial charge in [0, 0.05) is 27.7 Å². The second kappa shape index (κ2) is 7.26. The summed E-state index contributed by atoms with van der Waals surface area (Å²) < 4.78 is 0. The molecule has 0 saturated heterocycles. The van der Waals surface area contributed by atoms with Gasteiger partial charge in [0.25, 0.3) is 0 Å². The number of nitrogens with one attached hydrogen (secondary N) is 1. The minimum atomic E-state index is -0.125. The lowest BCUT2D eigenvalue weighted by Crippen LogP contribution is -2.20. The molecule has 4 rings (SSSR count). The third-order valence-corrected chi connectivity index (χ3v) is 5.14. The van der Waals surface area contributed by atoms with Gasteiger partial charge in [-0.3, -0.25) is 9.98 Å². The van der Waals surface area contributed by atoms with E-state index in [-0.39, 0.29) is 12.1 Å². The van der Waals surface area contributed by atoms with Gasteiger partial charge in [-0.2, -0.15) is 0 Å². The molecule has 0 amide bonds. The van der Waals surface area contributed by atoms with E-state index >= 15 is 0 Å². The number of thiophene rings is 1. The van der Waals surface area contributed by atoms with E-state index in [1.54, 1.807) is 11.3 Å². The highest BCUT2D eigenvalue weighted by Crippen LogP contribution is 2.32. The number of para-hydroxylation sites is 1. The fourth-order valence-electron chi connectivity index (χ4n) is 3.12. The first kappa shape index (κ1) is 16.7. The number of aliphatic imine (C=N–C) groups is 2. The van der Waals surface area contributed by atoms with Crippen LogP contribution in [0.3, 0.4) is 0 Å². The Morgan fingerprint density at radius 3 is 2.46 bits per heavy atom. The molecule has 0 radical (unpaired) electrons. The molecule has 1 unspecified atom stereocenters. The SMILES string of the molecule is CC(C)N=C1Nc2ccccc2C(c2ccccc2)=NC1c1cccs1. The van der Waals surface area contributed by atoms with Crippen molar-refractivity contribution in [2.75, 3.05) is 5.32 Å². The first-order valence-corrected chi connectivity index (χ1v) is 9.71. The van der Waals surface area contributed by atoms with E-state index < -0.39 is 0 Å². The highest BCUT2D eigenvalue weighted by atomic mass is 32.1. The number of benzodiazepines with no additional fused rings is 1.